The highest BCUT2D eigenvalue weighted by Gasteiger charge is 2.24. The zero-order valence-electron chi connectivity index (χ0n) is 19.5. The van der Waals surface area contributed by atoms with Gasteiger partial charge >= 0.3 is 0 Å². The maximum atomic E-state index is 12.3. The van der Waals surface area contributed by atoms with Crippen molar-refractivity contribution in [3.8, 4) is 22.5 Å². The minimum absolute atomic E-state index is 0.0328. The molecule has 0 bridgehead atoms. The van der Waals surface area contributed by atoms with Gasteiger partial charge in [-0.1, -0.05) is 54.6 Å². The van der Waals surface area contributed by atoms with Gasteiger partial charge in [0.2, 0.25) is 0 Å². The molecular weight excluding hydrogens is 468 g/mol. The summed E-state index contributed by atoms with van der Waals surface area (Å²) in [7, 11) is 0. The second-order valence-electron chi connectivity index (χ2n) is 8.89. The van der Waals surface area contributed by atoms with Crippen molar-refractivity contribution in [3.63, 3.8) is 0 Å². The molecule has 0 saturated carbocycles. The molecule has 1 aliphatic rings. The average Bonchev–Trinajstić information content (AvgIpc) is 3.62. The first-order valence-corrected chi connectivity index (χ1v) is 12.8. The molecule has 7 nitrogen and oxygen atoms in total. The minimum Gasteiger partial charge on any atom is -0.347 e. The number of thiazole rings is 1. The minimum atomic E-state index is -0.0328. The quantitative estimate of drug-likeness (QED) is 0.366. The van der Waals surface area contributed by atoms with Crippen molar-refractivity contribution in [2.45, 2.75) is 19.0 Å². The Morgan fingerprint density at radius 3 is 2.58 bits per heavy atom. The van der Waals surface area contributed by atoms with Gasteiger partial charge in [-0.05, 0) is 24.1 Å². The largest absolute Gasteiger partial charge is 0.347 e. The van der Waals surface area contributed by atoms with Crippen molar-refractivity contribution >= 4 is 28.4 Å². The molecule has 1 unspecified atom stereocenters. The number of benzene rings is 2. The molecule has 1 aliphatic heterocycles. The van der Waals surface area contributed by atoms with Crippen LogP contribution in [0.3, 0.4) is 0 Å². The Balaban J connectivity index is 1.19. The molecule has 0 aliphatic carbocycles. The van der Waals surface area contributed by atoms with Crippen LogP contribution in [-0.2, 0) is 6.54 Å². The fourth-order valence-corrected chi connectivity index (χ4v) is 5.12. The third kappa shape index (κ3) is 4.73. The molecule has 6 rings (SSSR count). The number of hydrogen-bond donors (Lipinski definition) is 1. The van der Waals surface area contributed by atoms with Gasteiger partial charge in [-0.3, -0.25) is 14.7 Å². The number of carbonyl (C=O) groups excluding carboxylic acids is 1. The van der Waals surface area contributed by atoms with Crippen LogP contribution in [0.5, 0.6) is 0 Å². The van der Waals surface area contributed by atoms with E-state index >= 15 is 0 Å². The second-order valence-corrected chi connectivity index (χ2v) is 9.78. The molecule has 1 atom stereocenters. The van der Waals surface area contributed by atoms with E-state index in [1.165, 1.54) is 16.9 Å². The Bertz CT molecular complexity index is 1490. The lowest BCUT2D eigenvalue weighted by molar-refractivity contribution is 0.0941. The lowest BCUT2D eigenvalue weighted by Gasteiger charge is -2.17. The van der Waals surface area contributed by atoms with Crippen LogP contribution in [0, 0.1) is 0 Å². The number of amides is 1. The Kier molecular flexibility index (Phi) is 6.19. The maximum Gasteiger partial charge on any atom is 0.263 e. The van der Waals surface area contributed by atoms with Gasteiger partial charge in [0.05, 0.1) is 23.1 Å². The first-order chi connectivity index (χ1) is 17.7. The van der Waals surface area contributed by atoms with Crippen LogP contribution in [0.2, 0.25) is 0 Å². The van der Waals surface area contributed by atoms with E-state index < -0.39 is 0 Å². The van der Waals surface area contributed by atoms with E-state index in [0.717, 1.165) is 54.1 Å². The van der Waals surface area contributed by atoms with Crippen molar-refractivity contribution in [2.75, 3.05) is 13.1 Å². The van der Waals surface area contributed by atoms with Crippen LogP contribution < -0.4 is 5.32 Å². The fraction of sp³-hybridized carbons (Fsp3) is 0.179. The van der Waals surface area contributed by atoms with Crippen molar-refractivity contribution < 1.29 is 4.79 Å². The number of rotatable bonds is 6. The van der Waals surface area contributed by atoms with E-state index in [1.807, 2.05) is 42.5 Å². The molecule has 0 spiro atoms. The molecule has 36 heavy (non-hydrogen) atoms. The smallest absolute Gasteiger partial charge is 0.263 e. The molecule has 3 aromatic heterocycles. The molecule has 2 aromatic carbocycles. The number of likely N-dealkylation sites (tertiary alicyclic amines) is 1. The summed E-state index contributed by atoms with van der Waals surface area (Å²) in [6.07, 6.45) is 4.31. The topological polar surface area (TPSA) is 83.9 Å². The second kappa shape index (κ2) is 9.93. The number of hydrogen-bond acceptors (Lipinski definition) is 7. The van der Waals surface area contributed by atoms with E-state index in [4.69, 9.17) is 9.97 Å². The molecule has 8 heteroatoms. The monoisotopic (exact) mass is 492 g/mol. The summed E-state index contributed by atoms with van der Waals surface area (Å²) in [5, 5.41) is 3.13. The number of aromatic nitrogens is 4. The third-order valence-electron chi connectivity index (χ3n) is 6.38. The standard InChI is InChI=1S/C28H24N6OS/c35-28(24-15-29-18-36-24)31-22-12-14-34(17-22)16-19-8-10-21(11-9-19)25-26(20-5-2-1-3-6-20)33-27-23(32-25)7-4-13-30-27/h1-11,13,15,18,22H,12,14,16-17H2,(H,31,35). The molecule has 0 radical (unpaired) electrons. The van der Waals surface area contributed by atoms with Gasteiger partial charge in [0, 0.05) is 43.0 Å². The van der Waals surface area contributed by atoms with Gasteiger partial charge < -0.3 is 5.32 Å². The Morgan fingerprint density at radius 2 is 1.78 bits per heavy atom. The molecule has 1 fully saturated rings. The summed E-state index contributed by atoms with van der Waals surface area (Å²) in [6, 6.07) is 22.7. The molecule has 1 N–H and O–H groups in total. The van der Waals surface area contributed by atoms with Crippen LogP contribution in [0.1, 0.15) is 21.7 Å². The Labute approximate surface area is 212 Å². The van der Waals surface area contributed by atoms with E-state index in [9.17, 15) is 4.79 Å². The Hall–Kier alpha value is -4.01. The SMILES string of the molecule is O=C(NC1CCN(Cc2ccc(-c3nc4cccnc4nc3-c3ccccc3)cc2)C1)c1cncs1. The summed E-state index contributed by atoms with van der Waals surface area (Å²) in [5.41, 5.74) is 8.04. The van der Waals surface area contributed by atoms with Crippen LogP contribution in [-0.4, -0.2) is 49.9 Å². The highest BCUT2D eigenvalue weighted by Crippen LogP contribution is 2.31. The predicted octanol–water partition coefficient (Wildman–Crippen LogP) is 4.82. The summed E-state index contributed by atoms with van der Waals surface area (Å²) in [6.45, 7) is 2.64. The van der Waals surface area contributed by atoms with Crippen LogP contribution in [0.4, 0.5) is 0 Å². The van der Waals surface area contributed by atoms with Gasteiger partial charge in [0.1, 0.15) is 10.4 Å². The molecular formula is C28H24N6OS. The lowest BCUT2D eigenvalue weighted by Crippen LogP contribution is -2.36. The summed E-state index contributed by atoms with van der Waals surface area (Å²) >= 11 is 1.37. The Morgan fingerprint density at radius 1 is 0.972 bits per heavy atom. The van der Waals surface area contributed by atoms with Crippen LogP contribution in [0.15, 0.2) is 84.6 Å². The summed E-state index contributed by atoms with van der Waals surface area (Å²) in [4.78, 5) is 33.6. The normalized spacial score (nSPS) is 15.8. The fourth-order valence-electron chi connectivity index (χ4n) is 4.60. The van der Waals surface area contributed by atoms with Crippen molar-refractivity contribution in [1.29, 1.82) is 0 Å². The molecule has 4 heterocycles. The first kappa shape index (κ1) is 22.5. The highest BCUT2D eigenvalue weighted by atomic mass is 32.1. The number of nitrogens with zero attached hydrogens (tertiary/aromatic N) is 5. The zero-order chi connectivity index (χ0) is 24.3. The van der Waals surface area contributed by atoms with E-state index in [0.29, 0.717) is 10.5 Å². The van der Waals surface area contributed by atoms with Gasteiger partial charge in [0.15, 0.2) is 5.65 Å². The van der Waals surface area contributed by atoms with Crippen LogP contribution >= 0.6 is 11.3 Å². The number of fused-ring (bicyclic) bond motifs is 1. The van der Waals surface area contributed by atoms with Crippen molar-refractivity contribution in [1.82, 2.24) is 30.2 Å². The molecule has 5 aromatic rings. The van der Waals surface area contributed by atoms with Crippen LogP contribution in [0.25, 0.3) is 33.7 Å². The number of carbonyl (C=O) groups is 1. The third-order valence-corrected chi connectivity index (χ3v) is 7.16. The van der Waals surface area contributed by atoms with E-state index in [1.54, 1.807) is 17.9 Å². The zero-order valence-corrected chi connectivity index (χ0v) is 20.4. The first-order valence-electron chi connectivity index (χ1n) is 11.9. The lowest BCUT2D eigenvalue weighted by atomic mass is 10.0. The molecule has 178 valence electrons. The van der Waals surface area contributed by atoms with Gasteiger partial charge in [-0.15, -0.1) is 11.3 Å². The van der Waals surface area contributed by atoms with E-state index in [-0.39, 0.29) is 11.9 Å². The highest BCUT2D eigenvalue weighted by molar-refractivity contribution is 7.11. The number of nitrogens with one attached hydrogen (secondary N) is 1. The maximum absolute atomic E-state index is 12.3. The molecule has 1 saturated heterocycles. The van der Waals surface area contributed by atoms with Gasteiger partial charge in [-0.25, -0.2) is 15.0 Å². The van der Waals surface area contributed by atoms with Crippen molar-refractivity contribution in [2.24, 2.45) is 0 Å². The number of pyridine rings is 1. The van der Waals surface area contributed by atoms with Gasteiger partial charge in [0.25, 0.3) is 5.91 Å². The predicted molar refractivity (Wildman–Crippen MR) is 141 cm³/mol. The summed E-state index contributed by atoms with van der Waals surface area (Å²) < 4.78 is 0. The average molecular weight is 493 g/mol. The molecule has 1 amide bonds. The van der Waals surface area contributed by atoms with Crippen molar-refractivity contribution in [3.05, 3.63) is 95.1 Å². The van der Waals surface area contributed by atoms with E-state index in [2.05, 4.69) is 44.5 Å². The van der Waals surface area contributed by atoms with Gasteiger partial charge in [-0.2, -0.15) is 0 Å². The summed E-state index contributed by atoms with van der Waals surface area (Å²) in [5.74, 6) is -0.0328.